The topological polar surface area (TPSA) is 74.1 Å². The van der Waals surface area contributed by atoms with Gasteiger partial charge in [-0.1, -0.05) is 13.0 Å². The van der Waals surface area contributed by atoms with Gasteiger partial charge >= 0.3 is 6.18 Å². The molecule has 2 aromatic carbocycles. The zero-order valence-corrected chi connectivity index (χ0v) is 17.0. The summed E-state index contributed by atoms with van der Waals surface area (Å²) in [6, 6.07) is 10.2. The van der Waals surface area contributed by atoms with Crippen molar-refractivity contribution in [2.75, 3.05) is 19.5 Å². The number of rotatable bonds is 7. The Bertz CT molecular complexity index is 1020. The maximum Gasteiger partial charge on any atom is 0.416 e. The molecule has 0 aliphatic heterocycles. The van der Waals surface area contributed by atoms with E-state index < -0.39 is 17.3 Å². The molecule has 0 aliphatic rings. The van der Waals surface area contributed by atoms with Crippen LogP contribution in [0.2, 0.25) is 0 Å². The van der Waals surface area contributed by atoms with Crippen LogP contribution >= 0.6 is 0 Å². The van der Waals surface area contributed by atoms with Crippen LogP contribution < -0.4 is 14.8 Å². The van der Waals surface area contributed by atoms with Crippen LogP contribution in [0, 0.1) is 0 Å². The van der Waals surface area contributed by atoms with E-state index in [0.717, 1.165) is 17.8 Å². The summed E-state index contributed by atoms with van der Waals surface area (Å²) in [7, 11) is 3.08. The summed E-state index contributed by atoms with van der Waals surface area (Å²) >= 11 is 0. The van der Waals surface area contributed by atoms with Gasteiger partial charge in [-0.3, -0.25) is 0 Å². The number of nitrogens with zero attached hydrogens (tertiary/aromatic N) is 4. The second-order valence-corrected chi connectivity index (χ2v) is 6.84. The fraction of sp³-hybridized carbons (Fsp3) is 0.350. The first-order chi connectivity index (χ1) is 14.2. The number of aromatic nitrogens is 4. The minimum atomic E-state index is -4.46. The molecule has 0 aliphatic carbocycles. The largest absolute Gasteiger partial charge is 0.493 e. The molecule has 0 saturated heterocycles. The number of tetrazole rings is 1. The number of nitrogens with one attached hydrogen (secondary N) is 1. The Balaban J connectivity index is 2.00. The third kappa shape index (κ3) is 4.17. The monoisotopic (exact) mass is 421 g/mol. The van der Waals surface area contributed by atoms with E-state index >= 15 is 0 Å². The smallest absolute Gasteiger partial charge is 0.416 e. The minimum absolute atomic E-state index is 0.221. The van der Waals surface area contributed by atoms with E-state index in [-0.39, 0.29) is 5.69 Å². The molecule has 30 heavy (non-hydrogen) atoms. The quantitative estimate of drug-likeness (QED) is 0.608. The van der Waals surface area contributed by atoms with Gasteiger partial charge in [0.25, 0.3) is 0 Å². The lowest BCUT2D eigenvalue weighted by molar-refractivity contribution is -0.137. The number of alkyl halides is 3. The zero-order chi connectivity index (χ0) is 21.9. The van der Waals surface area contributed by atoms with Crippen LogP contribution in [0.25, 0.3) is 5.69 Å². The Labute approximate surface area is 171 Å². The van der Waals surface area contributed by atoms with Gasteiger partial charge < -0.3 is 14.8 Å². The molecule has 3 rings (SSSR count). The molecule has 10 heteroatoms. The molecule has 0 spiro atoms. The third-order valence-electron chi connectivity index (χ3n) is 4.89. The van der Waals surface area contributed by atoms with Crippen molar-refractivity contribution in [2.45, 2.75) is 32.0 Å². The van der Waals surface area contributed by atoms with E-state index in [1.54, 1.807) is 19.2 Å². The number of hydrogen-bond donors (Lipinski definition) is 1. The van der Waals surface area contributed by atoms with Crippen molar-refractivity contribution in [3.8, 4) is 17.2 Å². The number of methoxy groups -OCH3 is 2. The normalized spacial score (nSPS) is 13.6. The predicted molar refractivity (Wildman–Crippen MR) is 105 cm³/mol. The van der Waals surface area contributed by atoms with Gasteiger partial charge in [-0.2, -0.15) is 17.9 Å². The van der Waals surface area contributed by atoms with E-state index in [1.165, 1.54) is 23.9 Å². The van der Waals surface area contributed by atoms with Gasteiger partial charge in [0.15, 0.2) is 17.3 Å². The molecule has 1 atom stereocenters. The maximum absolute atomic E-state index is 13.1. The van der Waals surface area contributed by atoms with Crippen LogP contribution in [0.1, 0.15) is 31.7 Å². The highest BCUT2D eigenvalue weighted by molar-refractivity contribution is 5.56. The van der Waals surface area contributed by atoms with E-state index in [9.17, 15) is 13.2 Å². The highest BCUT2D eigenvalue weighted by Gasteiger charge is 2.34. The minimum Gasteiger partial charge on any atom is -0.493 e. The lowest BCUT2D eigenvalue weighted by atomic mass is 9.96. The van der Waals surface area contributed by atoms with Crippen molar-refractivity contribution >= 4 is 5.69 Å². The van der Waals surface area contributed by atoms with Crippen LogP contribution in [0.4, 0.5) is 18.9 Å². The van der Waals surface area contributed by atoms with Crippen LogP contribution in [0.5, 0.6) is 11.5 Å². The van der Waals surface area contributed by atoms with Gasteiger partial charge in [0.1, 0.15) is 0 Å². The summed E-state index contributed by atoms with van der Waals surface area (Å²) < 4.78 is 51.3. The number of hydrogen-bond acceptors (Lipinski definition) is 6. The first-order valence-electron chi connectivity index (χ1n) is 9.18. The van der Waals surface area contributed by atoms with Crippen molar-refractivity contribution in [1.29, 1.82) is 0 Å². The maximum atomic E-state index is 13.1. The van der Waals surface area contributed by atoms with Crippen molar-refractivity contribution in [2.24, 2.45) is 0 Å². The molecular formula is C20H22F3N5O2. The zero-order valence-electron chi connectivity index (χ0n) is 17.0. The molecule has 160 valence electrons. The average Bonchev–Trinajstić information content (AvgIpc) is 3.24. The van der Waals surface area contributed by atoms with E-state index in [0.29, 0.717) is 23.7 Å². The fourth-order valence-corrected chi connectivity index (χ4v) is 3.05. The average molecular weight is 421 g/mol. The lowest BCUT2D eigenvalue weighted by Gasteiger charge is -2.30. The molecule has 1 aromatic heterocycles. The molecule has 0 bridgehead atoms. The van der Waals surface area contributed by atoms with Gasteiger partial charge in [0.05, 0.1) is 31.0 Å². The third-order valence-corrected chi connectivity index (χ3v) is 4.89. The van der Waals surface area contributed by atoms with Crippen molar-refractivity contribution < 1.29 is 22.6 Å². The SMILES string of the molecule is CC[C@@](C)(Nc1ccc(OC)c(OC)c1)c1nnnn1-c1cccc(C(F)(F)F)c1. The Morgan fingerprint density at radius 3 is 2.40 bits per heavy atom. The molecule has 1 N–H and O–H groups in total. The summed E-state index contributed by atoms with van der Waals surface area (Å²) in [5.74, 6) is 1.49. The summed E-state index contributed by atoms with van der Waals surface area (Å²) in [5.41, 5.74) is -0.612. The molecule has 1 heterocycles. The molecule has 0 radical (unpaired) electrons. The first-order valence-corrected chi connectivity index (χ1v) is 9.18. The second-order valence-electron chi connectivity index (χ2n) is 6.84. The summed E-state index contributed by atoms with van der Waals surface area (Å²) in [6.07, 6.45) is -3.91. The number of anilines is 1. The Morgan fingerprint density at radius 1 is 1.03 bits per heavy atom. The summed E-state index contributed by atoms with van der Waals surface area (Å²) in [4.78, 5) is 0. The van der Waals surface area contributed by atoms with Crippen LogP contribution in [-0.2, 0) is 11.7 Å². The lowest BCUT2D eigenvalue weighted by Crippen LogP contribution is -2.34. The van der Waals surface area contributed by atoms with Crippen LogP contribution in [0.15, 0.2) is 42.5 Å². The number of halogens is 3. The second kappa shape index (κ2) is 8.21. The Hall–Kier alpha value is -3.30. The molecule has 3 aromatic rings. The van der Waals surface area contributed by atoms with Gasteiger partial charge in [0, 0.05) is 11.8 Å². The van der Waals surface area contributed by atoms with E-state index in [1.807, 2.05) is 19.9 Å². The van der Waals surface area contributed by atoms with Crippen molar-refractivity contribution in [3.05, 3.63) is 53.9 Å². The van der Waals surface area contributed by atoms with Crippen LogP contribution in [-0.4, -0.2) is 34.4 Å². The molecule has 0 saturated carbocycles. The number of ether oxygens (including phenoxy) is 2. The highest BCUT2D eigenvalue weighted by atomic mass is 19.4. The van der Waals surface area contributed by atoms with Gasteiger partial charge in [-0.25, -0.2) is 0 Å². The standard InChI is InChI=1S/C20H22F3N5O2/c1-5-19(2,24-14-9-10-16(29-3)17(12-14)30-4)18-25-26-27-28(18)15-8-6-7-13(11-15)20(21,22)23/h6-12,24H,5H2,1-4H3/t19-/m1/s1. The Morgan fingerprint density at radius 2 is 1.77 bits per heavy atom. The summed E-state index contributed by atoms with van der Waals surface area (Å²) in [5, 5.41) is 15.1. The summed E-state index contributed by atoms with van der Waals surface area (Å²) in [6.45, 7) is 3.80. The van der Waals surface area contributed by atoms with E-state index in [2.05, 4.69) is 20.8 Å². The van der Waals surface area contributed by atoms with Crippen LogP contribution in [0.3, 0.4) is 0 Å². The molecule has 0 amide bonds. The molecular weight excluding hydrogens is 399 g/mol. The van der Waals surface area contributed by atoms with Crippen molar-refractivity contribution in [1.82, 2.24) is 20.2 Å². The molecule has 0 unspecified atom stereocenters. The van der Waals surface area contributed by atoms with E-state index in [4.69, 9.17) is 9.47 Å². The molecule has 7 nitrogen and oxygen atoms in total. The molecule has 0 fully saturated rings. The van der Waals surface area contributed by atoms with Gasteiger partial charge in [-0.05, 0) is 54.1 Å². The fourth-order valence-electron chi connectivity index (χ4n) is 3.05. The van der Waals surface area contributed by atoms with Gasteiger partial charge in [0.2, 0.25) is 0 Å². The predicted octanol–water partition coefficient (Wildman–Crippen LogP) is 4.44. The highest BCUT2D eigenvalue weighted by Crippen LogP contribution is 2.35. The Kier molecular flexibility index (Phi) is 5.86. The number of benzene rings is 2. The van der Waals surface area contributed by atoms with Crippen molar-refractivity contribution in [3.63, 3.8) is 0 Å². The first kappa shape index (κ1) is 21.4. The van der Waals surface area contributed by atoms with Gasteiger partial charge in [-0.15, -0.1) is 5.10 Å².